The van der Waals surface area contributed by atoms with E-state index in [4.69, 9.17) is 0 Å². The summed E-state index contributed by atoms with van der Waals surface area (Å²) in [4.78, 5) is 0. The van der Waals surface area contributed by atoms with Gasteiger partial charge in [-0.1, -0.05) is 243 Å². The predicted octanol–water partition coefficient (Wildman–Crippen LogP) is 17.5. The normalized spacial score (nSPS) is 12.5. The van der Waals surface area contributed by atoms with Gasteiger partial charge in [-0.15, -0.1) is 0 Å². The van der Waals surface area contributed by atoms with E-state index in [1.807, 2.05) is 0 Å². The van der Waals surface area contributed by atoms with Crippen molar-refractivity contribution < 1.29 is 0 Å². The second kappa shape index (κ2) is 16.8. The molecule has 0 saturated heterocycles. The summed E-state index contributed by atoms with van der Waals surface area (Å²) in [5, 5.41) is 0. The predicted molar refractivity (Wildman–Crippen MR) is 285 cm³/mol. The lowest BCUT2D eigenvalue weighted by Gasteiger charge is -2.05. The van der Waals surface area contributed by atoms with Crippen LogP contribution < -0.4 is 0 Å². The van der Waals surface area contributed by atoms with Gasteiger partial charge in [0.2, 0.25) is 0 Å². The molecular formula is C68H48. The number of rotatable bonds is 4. The van der Waals surface area contributed by atoms with Crippen LogP contribution >= 0.6 is 0 Å². The standard InChI is InChI=1S/C68H48/c1-5-13-45(14-6-1)49-21-29-61-53-37-54(62(61)30-22-49)42-56-39-58(66-34-26-51(24-32-64(56)66)47-17-9-3-10-18-47)44-60-40-59(67-35-27-52(28-36-68(60)67)48-19-11-4-12-20-48)43-57-38-55(41-53)63-31-23-50(25-33-65(57)63)46-15-7-2-8-16-46/h1-40H,41-44H2. The fourth-order valence-electron chi connectivity index (χ4n) is 11.3. The van der Waals surface area contributed by atoms with Crippen molar-refractivity contribution in [2.45, 2.75) is 25.7 Å². The van der Waals surface area contributed by atoms with Gasteiger partial charge in [0.1, 0.15) is 0 Å². The highest BCUT2D eigenvalue weighted by Crippen LogP contribution is 2.46. The first-order chi connectivity index (χ1) is 33.7. The topological polar surface area (TPSA) is 0 Å². The Bertz CT molecular complexity index is 3000. The van der Waals surface area contributed by atoms with Gasteiger partial charge < -0.3 is 0 Å². The molecule has 68 heavy (non-hydrogen) atoms. The molecule has 13 rings (SSSR count). The number of hydrogen-bond donors (Lipinski definition) is 0. The second-order valence-electron chi connectivity index (χ2n) is 18.7. The highest BCUT2D eigenvalue weighted by atomic mass is 14.3. The second-order valence-corrected chi connectivity index (χ2v) is 18.7. The van der Waals surface area contributed by atoms with Crippen LogP contribution in [0, 0.1) is 0 Å². The molecule has 0 N–H and O–H groups in total. The van der Waals surface area contributed by atoms with Gasteiger partial charge in [0, 0.05) is 0 Å². The lowest BCUT2D eigenvalue weighted by molar-refractivity contribution is 1.18. The van der Waals surface area contributed by atoms with E-state index < -0.39 is 0 Å². The van der Waals surface area contributed by atoms with Gasteiger partial charge in [0.25, 0.3) is 0 Å². The molecule has 4 aromatic rings. The van der Waals surface area contributed by atoms with Gasteiger partial charge >= 0.3 is 0 Å². The summed E-state index contributed by atoms with van der Waals surface area (Å²) >= 11 is 0. The van der Waals surface area contributed by atoms with Crippen molar-refractivity contribution >= 4 is 0 Å². The minimum absolute atomic E-state index is 0.840. The molecule has 0 unspecified atom stereocenters. The van der Waals surface area contributed by atoms with Crippen LogP contribution in [0.2, 0.25) is 0 Å². The number of hydrogen-bond acceptors (Lipinski definition) is 0. The summed E-state index contributed by atoms with van der Waals surface area (Å²) in [6.07, 6.45) is 3.36. The fourth-order valence-corrected chi connectivity index (χ4v) is 11.3. The Morgan fingerprint density at radius 3 is 0.456 bits per heavy atom. The minimum atomic E-state index is 0.840. The van der Waals surface area contributed by atoms with E-state index in [0.717, 1.165) is 25.7 Å². The molecule has 4 aromatic carbocycles. The maximum Gasteiger partial charge on any atom is -0.00132 e. The molecule has 0 aromatic heterocycles. The smallest absolute Gasteiger partial charge is 0.00132 e. The SMILES string of the molecule is c1ccc(-c2ccc3c4cc(c-3cc2)Cc2cc(c3ccc(-c5ccccc5)ccc2-3)Cc2cc(c3ccc(-c5ccccc5)ccc2-3)Cc2cc(c3ccc(-c5ccccc5)ccc2-3)C4)cc1. The molecule has 0 fully saturated rings. The van der Waals surface area contributed by atoms with E-state index in [-0.39, 0.29) is 0 Å². The van der Waals surface area contributed by atoms with Crippen LogP contribution in [0.15, 0.2) is 243 Å². The van der Waals surface area contributed by atoms with Crippen molar-refractivity contribution in [2.75, 3.05) is 0 Å². The van der Waals surface area contributed by atoms with Crippen LogP contribution in [0.1, 0.15) is 44.5 Å². The number of benzene rings is 4. The van der Waals surface area contributed by atoms with E-state index in [9.17, 15) is 0 Å². The third-order valence-electron chi connectivity index (χ3n) is 14.7. The fraction of sp³-hybridized carbons (Fsp3) is 0.0588. The van der Waals surface area contributed by atoms with Gasteiger partial charge in [0.15, 0.2) is 0 Å². The zero-order valence-electron chi connectivity index (χ0n) is 37.9. The molecule has 0 amide bonds. The largest absolute Gasteiger partial charge is 0.0622 e. The molecule has 8 bridgehead atoms. The molecule has 0 radical (unpaired) electrons. The van der Waals surface area contributed by atoms with Gasteiger partial charge in [0.05, 0.1) is 0 Å². The highest BCUT2D eigenvalue weighted by Gasteiger charge is 2.26. The molecule has 0 saturated carbocycles. The van der Waals surface area contributed by atoms with E-state index in [1.165, 1.54) is 134 Å². The van der Waals surface area contributed by atoms with Crippen LogP contribution in [0.5, 0.6) is 0 Å². The molecule has 320 valence electrons. The van der Waals surface area contributed by atoms with Crippen LogP contribution in [0.3, 0.4) is 0 Å². The minimum Gasteiger partial charge on any atom is -0.0622 e. The Labute approximate surface area is 399 Å². The third kappa shape index (κ3) is 7.27. The summed E-state index contributed by atoms with van der Waals surface area (Å²) in [6.45, 7) is 0. The van der Waals surface area contributed by atoms with Crippen molar-refractivity contribution in [2.24, 2.45) is 0 Å². The van der Waals surface area contributed by atoms with Crippen molar-refractivity contribution in [1.29, 1.82) is 0 Å². The van der Waals surface area contributed by atoms with Gasteiger partial charge in [-0.3, -0.25) is 0 Å². The average Bonchev–Trinajstić information content (AvgIpc) is 3.78. The van der Waals surface area contributed by atoms with Crippen LogP contribution in [-0.2, 0) is 25.7 Å². The molecule has 0 heterocycles. The summed E-state index contributed by atoms with van der Waals surface area (Å²) in [7, 11) is 0. The maximum atomic E-state index is 2.54. The van der Waals surface area contributed by atoms with Gasteiger partial charge in [-0.25, -0.2) is 0 Å². The van der Waals surface area contributed by atoms with E-state index >= 15 is 0 Å². The first-order valence-corrected chi connectivity index (χ1v) is 24.1. The van der Waals surface area contributed by atoms with Gasteiger partial charge in [-0.2, -0.15) is 0 Å². The Morgan fingerprint density at radius 1 is 0.147 bits per heavy atom. The monoisotopic (exact) mass is 864 g/mol. The summed E-state index contributed by atoms with van der Waals surface area (Å²) in [6, 6.07) is 91.2. The first kappa shape index (κ1) is 40.0. The van der Waals surface area contributed by atoms with Crippen molar-refractivity contribution in [3.63, 3.8) is 0 Å². The summed E-state index contributed by atoms with van der Waals surface area (Å²) in [5.41, 5.74) is 31.5. The molecule has 9 aliphatic rings. The lowest BCUT2D eigenvalue weighted by Crippen LogP contribution is -1.87. The lowest BCUT2D eigenvalue weighted by atomic mass is 9.98. The Kier molecular flexibility index (Phi) is 9.90. The summed E-state index contributed by atoms with van der Waals surface area (Å²) < 4.78 is 0. The number of fused-ring (bicyclic) bond motifs is 20. The van der Waals surface area contributed by atoms with Gasteiger partial charge in [-0.05, 0) is 159 Å². The third-order valence-corrected chi connectivity index (χ3v) is 14.7. The molecule has 0 atom stereocenters. The molecule has 0 heteroatoms. The Balaban J connectivity index is 1.05. The zero-order valence-corrected chi connectivity index (χ0v) is 37.9. The molecular weight excluding hydrogens is 817 g/mol. The molecule has 0 aliphatic heterocycles. The zero-order chi connectivity index (χ0) is 45.0. The van der Waals surface area contributed by atoms with Crippen LogP contribution in [0.4, 0.5) is 0 Å². The Hall–Kier alpha value is -8.32. The van der Waals surface area contributed by atoms with E-state index in [0.29, 0.717) is 0 Å². The Morgan fingerprint density at radius 2 is 0.294 bits per heavy atom. The average molecular weight is 865 g/mol. The molecule has 0 spiro atoms. The van der Waals surface area contributed by atoms with E-state index in [2.05, 4.69) is 243 Å². The van der Waals surface area contributed by atoms with Crippen LogP contribution in [0.25, 0.3) is 89.0 Å². The highest BCUT2D eigenvalue weighted by molar-refractivity contribution is 5.86. The van der Waals surface area contributed by atoms with Crippen LogP contribution in [-0.4, -0.2) is 0 Å². The molecule has 0 nitrogen and oxygen atoms in total. The maximum absolute atomic E-state index is 2.54. The quantitative estimate of drug-likeness (QED) is 0.165. The van der Waals surface area contributed by atoms with Crippen molar-refractivity contribution in [1.82, 2.24) is 0 Å². The van der Waals surface area contributed by atoms with Crippen molar-refractivity contribution in [3.05, 3.63) is 287 Å². The summed E-state index contributed by atoms with van der Waals surface area (Å²) in [5.74, 6) is 0. The molecule has 9 aliphatic carbocycles. The van der Waals surface area contributed by atoms with Crippen molar-refractivity contribution in [3.8, 4) is 89.0 Å². The van der Waals surface area contributed by atoms with E-state index in [1.54, 1.807) is 0 Å². The first-order valence-electron chi connectivity index (χ1n) is 24.1.